The molecule has 1 heterocycles. The average Bonchev–Trinajstić information content (AvgIpc) is 2.45. The number of hydrogen-bond donors (Lipinski definition) is 2. The molecule has 0 aliphatic rings. The van der Waals surface area contributed by atoms with Gasteiger partial charge in [0.1, 0.15) is 11.5 Å². The van der Waals surface area contributed by atoms with E-state index < -0.39 is 11.2 Å². The van der Waals surface area contributed by atoms with Crippen molar-refractivity contribution in [2.75, 3.05) is 30.7 Å². The van der Waals surface area contributed by atoms with Crippen LogP contribution in [0.4, 0.5) is 11.5 Å². The third-order valence-corrected chi connectivity index (χ3v) is 3.24. The van der Waals surface area contributed by atoms with Gasteiger partial charge in [0.15, 0.2) is 0 Å². The number of carbonyl (C=O) groups excluding carboxylic acids is 1. The van der Waals surface area contributed by atoms with Crippen molar-refractivity contribution in [1.82, 2.24) is 14.0 Å². The first-order valence-corrected chi connectivity index (χ1v) is 6.41. The normalized spacial score (nSPS) is 10.8. The van der Waals surface area contributed by atoms with Crippen molar-refractivity contribution in [3.05, 3.63) is 20.8 Å². The number of rotatable bonds is 5. The maximum Gasteiger partial charge on any atom is 0.332 e. The van der Waals surface area contributed by atoms with Gasteiger partial charge in [0.05, 0.1) is 6.54 Å². The standard InChI is InChI=1S/C12H21N5O3/c1-5-17(6-2)7-8(18)14-9-10(13)15(3)12(20)16(4)11(9)19/h5-7,13H2,1-4H3,(H,14,18). The van der Waals surface area contributed by atoms with Crippen LogP contribution in [0.2, 0.25) is 0 Å². The van der Waals surface area contributed by atoms with Gasteiger partial charge in [-0.25, -0.2) is 4.79 Å². The average molecular weight is 283 g/mol. The van der Waals surface area contributed by atoms with Crippen molar-refractivity contribution in [3.63, 3.8) is 0 Å². The quantitative estimate of drug-likeness (QED) is 0.717. The lowest BCUT2D eigenvalue weighted by Gasteiger charge is -2.18. The second-order valence-electron chi connectivity index (χ2n) is 4.48. The van der Waals surface area contributed by atoms with Crippen molar-refractivity contribution in [2.45, 2.75) is 13.8 Å². The van der Waals surface area contributed by atoms with Crippen LogP contribution in [0.15, 0.2) is 9.59 Å². The van der Waals surface area contributed by atoms with E-state index in [0.717, 1.165) is 22.2 Å². The first-order valence-electron chi connectivity index (χ1n) is 6.41. The monoisotopic (exact) mass is 283 g/mol. The molecule has 3 N–H and O–H groups in total. The highest BCUT2D eigenvalue weighted by Gasteiger charge is 2.16. The molecule has 0 aromatic carbocycles. The SMILES string of the molecule is CCN(CC)CC(=O)Nc1c(N)n(C)c(=O)n(C)c1=O. The summed E-state index contributed by atoms with van der Waals surface area (Å²) in [5.41, 5.74) is 4.51. The van der Waals surface area contributed by atoms with E-state index in [0.29, 0.717) is 0 Å². The second-order valence-corrected chi connectivity index (χ2v) is 4.48. The minimum absolute atomic E-state index is 0.0500. The van der Waals surface area contributed by atoms with Crippen LogP contribution in [-0.4, -0.2) is 39.6 Å². The predicted molar refractivity (Wildman–Crippen MR) is 77.8 cm³/mol. The molecule has 1 rings (SSSR count). The van der Waals surface area contributed by atoms with Gasteiger partial charge in [0.25, 0.3) is 5.56 Å². The Morgan fingerprint density at radius 1 is 1.20 bits per heavy atom. The van der Waals surface area contributed by atoms with Gasteiger partial charge < -0.3 is 11.1 Å². The zero-order chi connectivity index (χ0) is 15.4. The summed E-state index contributed by atoms with van der Waals surface area (Å²) in [5, 5.41) is 2.49. The van der Waals surface area contributed by atoms with E-state index in [9.17, 15) is 14.4 Å². The lowest BCUT2D eigenvalue weighted by molar-refractivity contribution is -0.117. The number of nitrogens with zero attached hydrogens (tertiary/aromatic N) is 3. The third-order valence-electron chi connectivity index (χ3n) is 3.24. The lowest BCUT2D eigenvalue weighted by atomic mass is 10.4. The van der Waals surface area contributed by atoms with Gasteiger partial charge in [-0.15, -0.1) is 0 Å². The first-order chi connectivity index (χ1) is 9.33. The van der Waals surface area contributed by atoms with Crippen molar-refractivity contribution >= 4 is 17.4 Å². The van der Waals surface area contributed by atoms with Crippen LogP contribution in [0, 0.1) is 0 Å². The fourth-order valence-corrected chi connectivity index (χ4v) is 1.81. The Bertz CT molecular complexity index is 613. The summed E-state index contributed by atoms with van der Waals surface area (Å²) in [6.07, 6.45) is 0. The van der Waals surface area contributed by atoms with E-state index in [-0.39, 0.29) is 24.0 Å². The van der Waals surface area contributed by atoms with Crippen molar-refractivity contribution in [2.24, 2.45) is 14.1 Å². The summed E-state index contributed by atoms with van der Waals surface area (Å²) in [7, 11) is 2.78. The molecule has 112 valence electrons. The molecule has 0 fully saturated rings. The Morgan fingerprint density at radius 2 is 1.75 bits per heavy atom. The minimum atomic E-state index is -0.613. The molecular formula is C12H21N5O3. The molecule has 8 nitrogen and oxygen atoms in total. The zero-order valence-electron chi connectivity index (χ0n) is 12.3. The third kappa shape index (κ3) is 3.08. The van der Waals surface area contributed by atoms with Gasteiger partial charge in [-0.2, -0.15) is 0 Å². The van der Waals surface area contributed by atoms with Crippen molar-refractivity contribution < 1.29 is 4.79 Å². The van der Waals surface area contributed by atoms with E-state index in [1.54, 1.807) is 0 Å². The highest BCUT2D eigenvalue weighted by Crippen LogP contribution is 2.08. The van der Waals surface area contributed by atoms with Crippen LogP contribution < -0.4 is 22.3 Å². The van der Waals surface area contributed by atoms with Gasteiger partial charge in [-0.05, 0) is 13.1 Å². The Balaban J connectivity index is 3.08. The molecule has 0 aliphatic carbocycles. The highest BCUT2D eigenvalue weighted by atomic mass is 16.2. The maximum absolute atomic E-state index is 12.0. The number of amides is 1. The smallest absolute Gasteiger partial charge is 0.332 e. The van der Waals surface area contributed by atoms with E-state index in [4.69, 9.17) is 5.73 Å². The molecule has 0 bridgehead atoms. The predicted octanol–water partition coefficient (Wildman–Crippen LogP) is -1.05. The largest absolute Gasteiger partial charge is 0.383 e. The Morgan fingerprint density at radius 3 is 2.25 bits per heavy atom. The van der Waals surface area contributed by atoms with E-state index in [1.165, 1.54) is 14.1 Å². The van der Waals surface area contributed by atoms with Crippen LogP contribution in [-0.2, 0) is 18.9 Å². The molecule has 0 radical (unpaired) electrons. The summed E-state index contributed by atoms with van der Waals surface area (Å²) in [5.74, 6) is -0.387. The van der Waals surface area contributed by atoms with Crippen LogP contribution in [0.25, 0.3) is 0 Å². The summed E-state index contributed by atoms with van der Waals surface area (Å²) in [6.45, 7) is 5.50. The molecule has 0 unspecified atom stereocenters. The van der Waals surface area contributed by atoms with E-state index in [2.05, 4.69) is 5.32 Å². The molecular weight excluding hydrogens is 262 g/mol. The summed E-state index contributed by atoms with van der Waals surface area (Å²) < 4.78 is 2.03. The minimum Gasteiger partial charge on any atom is -0.383 e. The number of nitrogen functional groups attached to an aromatic ring is 1. The summed E-state index contributed by atoms with van der Waals surface area (Å²) >= 11 is 0. The summed E-state index contributed by atoms with van der Waals surface area (Å²) in [4.78, 5) is 37.4. The van der Waals surface area contributed by atoms with Crippen molar-refractivity contribution in [3.8, 4) is 0 Å². The molecule has 0 saturated heterocycles. The molecule has 1 amide bonds. The molecule has 8 heteroatoms. The number of nitrogens with one attached hydrogen (secondary N) is 1. The number of nitrogens with two attached hydrogens (primary N) is 1. The molecule has 0 saturated carbocycles. The van der Waals surface area contributed by atoms with Crippen LogP contribution in [0.5, 0.6) is 0 Å². The van der Waals surface area contributed by atoms with E-state index in [1.807, 2.05) is 18.7 Å². The Kier molecular flexibility index (Phi) is 5.09. The van der Waals surface area contributed by atoms with Crippen molar-refractivity contribution in [1.29, 1.82) is 0 Å². The maximum atomic E-state index is 12.0. The topological polar surface area (TPSA) is 102 Å². The Labute approximate surface area is 116 Å². The number of anilines is 2. The molecule has 1 aromatic heterocycles. The highest BCUT2D eigenvalue weighted by molar-refractivity contribution is 5.94. The molecule has 20 heavy (non-hydrogen) atoms. The van der Waals surface area contributed by atoms with Crippen LogP contribution in [0.1, 0.15) is 13.8 Å². The number of carbonyl (C=O) groups is 1. The van der Waals surface area contributed by atoms with Gasteiger partial charge in [-0.1, -0.05) is 13.8 Å². The van der Waals surface area contributed by atoms with Gasteiger partial charge in [0, 0.05) is 14.1 Å². The molecule has 1 aromatic rings. The molecule has 0 spiro atoms. The number of aromatic nitrogens is 2. The van der Waals surface area contributed by atoms with Gasteiger partial charge in [0.2, 0.25) is 5.91 Å². The molecule has 0 aliphatic heterocycles. The van der Waals surface area contributed by atoms with E-state index >= 15 is 0 Å². The van der Waals surface area contributed by atoms with Gasteiger partial charge >= 0.3 is 5.69 Å². The van der Waals surface area contributed by atoms with Gasteiger partial charge in [-0.3, -0.25) is 23.6 Å². The fraction of sp³-hybridized carbons (Fsp3) is 0.583. The first kappa shape index (κ1) is 16.0. The second kappa shape index (κ2) is 6.38. The zero-order valence-corrected chi connectivity index (χ0v) is 12.3. The van der Waals surface area contributed by atoms with Crippen LogP contribution in [0.3, 0.4) is 0 Å². The fourth-order valence-electron chi connectivity index (χ4n) is 1.81. The molecule has 0 atom stereocenters. The number of hydrogen-bond acceptors (Lipinski definition) is 5. The number of likely N-dealkylation sites (N-methyl/N-ethyl adjacent to an activating group) is 1. The lowest BCUT2D eigenvalue weighted by Crippen LogP contribution is -2.41. The summed E-state index contributed by atoms with van der Waals surface area (Å²) in [6, 6.07) is 0. The Hall–Kier alpha value is -2.09. The van der Waals surface area contributed by atoms with Crippen LogP contribution >= 0.6 is 0 Å².